The molecule has 39 heavy (non-hydrogen) atoms. The molecule has 0 spiro atoms. The fourth-order valence-electron chi connectivity index (χ4n) is 4.41. The number of nitrogens with one attached hydrogen (secondary N) is 1. The van der Waals surface area contributed by atoms with Gasteiger partial charge in [-0.3, -0.25) is 4.79 Å². The van der Waals surface area contributed by atoms with E-state index in [0.717, 1.165) is 6.07 Å². The maximum atomic E-state index is 14.3. The van der Waals surface area contributed by atoms with E-state index in [1.807, 2.05) is 0 Å². The minimum Gasteiger partial charge on any atom is -0.324 e. The second-order valence-electron chi connectivity index (χ2n) is 8.78. The number of alkyl halides is 3. The van der Waals surface area contributed by atoms with E-state index < -0.39 is 17.4 Å². The summed E-state index contributed by atoms with van der Waals surface area (Å²) in [5.74, 6) is 0.292. The molecule has 0 unspecified atom stereocenters. The number of nitrogens with zero attached hydrogens (tertiary/aromatic N) is 5. The first-order valence-electron chi connectivity index (χ1n) is 11.7. The number of pyridine rings is 1. The van der Waals surface area contributed by atoms with Crippen LogP contribution in [0, 0.1) is 12.3 Å². The number of aromatic nitrogens is 5. The van der Waals surface area contributed by atoms with E-state index in [0.29, 0.717) is 49.9 Å². The Morgan fingerprint density at radius 3 is 2.21 bits per heavy atom. The van der Waals surface area contributed by atoms with Gasteiger partial charge in [-0.05, 0) is 47.4 Å². The Labute approximate surface area is 225 Å². The lowest BCUT2D eigenvalue weighted by molar-refractivity contribution is -0.141. The molecule has 0 saturated carbocycles. The van der Waals surface area contributed by atoms with Crippen molar-refractivity contribution in [3.63, 3.8) is 0 Å². The molecule has 198 valence electrons. The van der Waals surface area contributed by atoms with Crippen LogP contribution in [0.1, 0.15) is 28.3 Å². The molecule has 0 aliphatic rings. The van der Waals surface area contributed by atoms with E-state index in [9.17, 15) is 18.0 Å². The summed E-state index contributed by atoms with van der Waals surface area (Å²) in [5, 5.41) is 16.6. The smallest absolute Gasteiger partial charge is 0.324 e. The van der Waals surface area contributed by atoms with Crippen LogP contribution in [-0.4, -0.2) is 30.6 Å². The van der Waals surface area contributed by atoms with E-state index in [4.69, 9.17) is 22.7 Å². The van der Waals surface area contributed by atoms with Gasteiger partial charge in [0.05, 0.1) is 18.7 Å². The van der Waals surface area contributed by atoms with Crippen LogP contribution in [-0.2, 0) is 19.3 Å². The normalized spacial score (nSPS) is 11.7. The highest BCUT2D eigenvalue weighted by molar-refractivity contribution is 6.30. The van der Waals surface area contributed by atoms with Crippen molar-refractivity contribution < 1.29 is 13.2 Å². The van der Waals surface area contributed by atoms with Crippen molar-refractivity contribution in [2.45, 2.75) is 26.2 Å². The molecule has 0 aliphatic heterocycles. The van der Waals surface area contributed by atoms with Gasteiger partial charge < -0.3 is 11.1 Å². The minimum atomic E-state index is -4.59. The van der Waals surface area contributed by atoms with E-state index >= 15 is 0 Å². The largest absolute Gasteiger partial charge is 0.433 e. The third-order valence-corrected chi connectivity index (χ3v) is 6.61. The molecule has 2 aromatic carbocycles. The molecule has 0 bridgehead atoms. The lowest BCUT2D eigenvalue weighted by atomic mass is 9.96. The minimum absolute atomic E-state index is 0.0434. The van der Waals surface area contributed by atoms with Gasteiger partial charge in [-0.1, -0.05) is 54.1 Å². The van der Waals surface area contributed by atoms with Crippen molar-refractivity contribution in [1.29, 1.82) is 5.41 Å². The number of hydrogen-bond donors (Lipinski definition) is 2. The molecule has 3 heterocycles. The molecular weight excluding hydrogens is 531 g/mol. The highest BCUT2D eigenvalue weighted by Crippen LogP contribution is 2.34. The quantitative estimate of drug-likeness (QED) is 0.285. The van der Waals surface area contributed by atoms with Crippen LogP contribution in [0.25, 0.3) is 27.9 Å². The van der Waals surface area contributed by atoms with Gasteiger partial charge in [-0.2, -0.15) is 13.2 Å². The topological polar surface area (TPSA) is 115 Å². The van der Waals surface area contributed by atoms with Crippen LogP contribution in [0.2, 0.25) is 5.02 Å². The van der Waals surface area contributed by atoms with Gasteiger partial charge in [0.25, 0.3) is 5.56 Å². The predicted octanol–water partition coefficient (Wildman–Crippen LogP) is 5.11. The molecule has 0 atom stereocenters. The second kappa shape index (κ2) is 10.1. The zero-order valence-corrected chi connectivity index (χ0v) is 21.3. The Morgan fingerprint density at radius 1 is 0.974 bits per heavy atom. The van der Waals surface area contributed by atoms with Crippen LogP contribution >= 0.6 is 11.6 Å². The molecule has 8 nitrogen and oxygen atoms in total. The van der Waals surface area contributed by atoms with Gasteiger partial charge in [0.2, 0.25) is 0 Å². The summed E-state index contributed by atoms with van der Waals surface area (Å²) in [5.41, 5.74) is 8.02. The van der Waals surface area contributed by atoms with E-state index in [1.54, 1.807) is 48.5 Å². The fraction of sp³-hybridized carbons (Fsp3) is 0.148. The van der Waals surface area contributed by atoms with Crippen LogP contribution in [0.3, 0.4) is 0 Å². The zero-order chi connectivity index (χ0) is 27.9. The van der Waals surface area contributed by atoms with E-state index in [1.165, 1.54) is 28.4 Å². The van der Waals surface area contributed by atoms with Gasteiger partial charge in [-0.25, -0.2) is 14.2 Å². The summed E-state index contributed by atoms with van der Waals surface area (Å²) in [6.07, 6.45) is -3.40. The average Bonchev–Trinajstić information content (AvgIpc) is 3.34. The Balaban J connectivity index is 1.82. The van der Waals surface area contributed by atoms with Gasteiger partial charge in [0, 0.05) is 22.5 Å². The number of fused-ring (bicyclic) bond motifs is 1. The van der Waals surface area contributed by atoms with E-state index in [-0.39, 0.29) is 18.8 Å². The molecular formula is C27H21ClF3N7O. The van der Waals surface area contributed by atoms with Crippen molar-refractivity contribution in [1.82, 2.24) is 24.4 Å². The molecule has 0 radical (unpaired) electrons. The summed E-state index contributed by atoms with van der Waals surface area (Å²) in [4.78, 5) is 18.0. The molecule has 5 aromatic rings. The van der Waals surface area contributed by atoms with E-state index in [2.05, 4.69) is 15.2 Å². The monoisotopic (exact) mass is 551 g/mol. The molecule has 0 aliphatic carbocycles. The number of rotatable bonds is 6. The molecule has 3 N–H and O–H groups in total. The Kier molecular flexibility index (Phi) is 6.79. The average molecular weight is 552 g/mol. The molecule has 0 amide bonds. The summed E-state index contributed by atoms with van der Waals surface area (Å²) < 4.78 is 42.5. The molecule has 5 rings (SSSR count). The number of halogens is 4. The maximum absolute atomic E-state index is 14.3. The SMILES string of the molecule is Cc1nc(C(F)(F)F)ccc1Cn1c(=O)c(-c2ccc(C=N)cc2)c(-c2ccc(Cl)cc2)c2nnc(CN)n21. The first kappa shape index (κ1) is 26.3. The lowest BCUT2D eigenvalue weighted by Crippen LogP contribution is -2.31. The zero-order valence-electron chi connectivity index (χ0n) is 20.5. The summed E-state index contributed by atoms with van der Waals surface area (Å²) in [6, 6.07) is 16.0. The first-order valence-corrected chi connectivity index (χ1v) is 12.1. The van der Waals surface area contributed by atoms with Gasteiger partial charge in [0.15, 0.2) is 11.5 Å². The standard InChI is InChI=1S/C27H21ClF3N7O/c1-15-19(8-11-21(34-15)27(29,30)31)14-37-26(39)24(18-4-2-16(12-32)3-5-18)23(17-6-9-20(28)10-7-17)25-36-35-22(13-33)38(25)37/h2-12,32H,13-14,33H2,1H3. The highest BCUT2D eigenvalue weighted by atomic mass is 35.5. The van der Waals surface area contributed by atoms with Crippen molar-refractivity contribution >= 4 is 23.5 Å². The fourth-order valence-corrected chi connectivity index (χ4v) is 4.54. The molecule has 12 heteroatoms. The Bertz CT molecular complexity index is 1760. The number of nitrogens with two attached hydrogens (primary N) is 1. The first-order chi connectivity index (χ1) is 18.6. The third kappa shape index (κ3) is 4.82. The van der Waals surface area contributed by atoms with Gasteiger partial charge >= 0.3 is 6.18 Å². The van der Waals surface area contributed by atoms with Crippen LogP contribution < -0.4 is 11.3 Å². The number of hydrogen-bond acceptors (Lipinski definition) is 6. The van der Waals surface area contributed by atoms with Crippen LogP contribution in [0.5, 0.6) is 0 Å². The second-order valence-corrected chi connectivity index (χ2v) is 9.22. The van der Waals surface area contributed by atoms with Gasteiger partial charge in [0.1, 0.15) is 5.69 Å². The number of benzene rings is 2. The maximum Gasteiger partial charge on any atom is 0.433 e. The van der Waals surface area contributed by atoms with Crippen molar-refractivity contribution in [2.75, 3.05) is 0 Å². The van der Waals surface area contributed by atoms with Crippen molar-refractivity contribution in [3.05, 3.63) is 104 Å². The summed E-state index contributed by atoms with van der Waals surface area (Å²) >= 11 is 6.12. The van der Waals surface area contributed by atoms with Crippen molar-refractivity contribution in [2.24, 2.45) is 5.73 Å². The molecule has 0 fully saturated rings. The molecule has 3 aromatic heterocycles. The Morgan fingerprint density at radius 2 is 1.62 bits per heavy atom. The predicted molar refractivity (Wildman–Crippen MR) is 142 cm³/mol. The van der Waals surface area contributed by atoms with Gasteiger partial charge in [-0.15, -0.1) is 10.2 Å². The lowest BCUT2D eigenvalue weighted by Gasteiger charge is -2.18. The molecule has 0 saturated heterocycles. The van der Waals surface area contributed by atoms with Crippen LogP contribution in [0.4, 0.5) is 13.2 Å². The Hall–Kier alpha value is -4.35. The number of aryl methyl sites for hydroxylation is 1. The van der Waals surface area contributed by atoms with Crippen molar-refractivity contribution in [3.8, 4) is 22.3 Å². The highest BCUT2D eigenvalue weighted by Gasteiger charge is 2.33. The summed E-state index contributed by atoms with van der Waals surface area (Å²) in [6.45, 7) is 1.31. The summed E-state index contributed by atoms with van der Waals surface area (Å²) in [7, 11) is 0. The van der Waals surface area contributed by atoms with Crippen LogP contribution in [0.15, 0.2) is 65.5 Å². The third-order valence-electron chi connectivity index (χ3n) is 6.36.